The van der Waals surface area contributed by atoms with Crippen molar-refractivity contribution in [1.82, 2.24) is 4.98 Å². The fourth-order valence-electron chi connectivity index (χ4n) is 2.17. The van der Waals surface area contributed by atoms with E-state index in [1.165, 1.54) is 5.56 Å². The number of nitrogens with two attached hydrogens (primary N) is 2. The Bertz CT molecular complexity index is 622. The summed E-state index contributed by atoms with van der Waals surface area (Å²) in [7, 11) is 0. The lowest BCUT2D eigenvalue weighted by Gasteiger charge is -2.24. The normalized spacial score (nSPS) is 14.2. The van der Waals surface area contributed by atoms with Gasteiger partial charge in [-0.3, -0.25) is 4.79 Å². The minimum Gasteiger partial charge on any atom is -0.396 e. The van der Waals surface area contributed by atoms with Gasteiger partial charge in [-0.25, -0.2) is 4.98 Å². The van der Waals surface area contributed by atoms with Crippen LogP contribution in [-0.4, -0.2) is 16.9 Å². The van der Waals surface area contributed by atoms with Crippen molar-refractivity contribution in [2.24, 2.45) is 5.73 Å². The van der Waals surface area contributed by atoms with Gasteiger partial charge in [-0.05, 0) is 47.4 Å². The molecular formula is C14H16N4OS. The van der Waals surface area contributed by atoms with E-state index >= 15 is 0 Å². The van der Waals surface area contributed by atoms with Crippen LogP contribution < -0.4 is 16.4 Å². The highest BCUT2D eigenvalue weighted by molar-refractivity contribution is 7.07. The number of anilines is 2. The molecule has 2 aromatic rings. The molecule has 0 atom stereocenters. The van der Waals surface area contributed by atoms with Crippen LogP contribution in [0.5, 0.6) is 0 Å². The second-order valence-electron chi connectivity index (χ2n) is 4.96. The molecule has 2 heterocycles. The summed E-state index contributed by atoms with van der Waals surface area (Å²) < 4.78 is 0. The van der Waals surface area contributed by atoms with Gasteiger partial charge < -0.3 is 16.4 Å². The van der Waals surface area contributed by atoms with E-state index in [9.17, 15) is 4.79 Å². The van der Waals surface area contributed by atoms with Crippen LogP contribution in [0.3, 0.4) is 0 Å². The monoisotopic (exact) mass is 288 g/mol. The van der Waals surface area contributed by atoms with Crippen LogP contribution in [0, 0.1) is 0 Å². The second-order valence-corrected chi connectivity index (χ2v) is 5.74. The number of thiophene rings is 1. The number of nitrogens with zero attached hydrogens (tertiary/aromatic N) is 2. The molecule has 3 rings (SSSR count). The Balaban J connectivity index is 1.94. The lowest BCUT2D eigenvalue weighted by atomic mass is 10.2. The molecule has 4 N–H and O–H groups in total. The third kappa shape index (κ3) is 2.60. The number of carbonyl (C=O) groups excluding carboxylic acids is 1. The molecule has 1 saturated carbocycles. The molecular weight excluding hydrogens is 272 g/mol. The van der Waals surface area contributed by atoms with Gasteiger partial charge in [-0.2, -0.15) is 11.3 Å². The van der Waals surface area contributed by atoms with Crippen molar-refractivity contribution in [3.8, 4) is 0 Å². The molecule has 6 heteroatoms. The zero-order valence-electron chi connectivity index (χ0n) is 11.0. The molecule has 1 aliphatic carbocycles. The Morgan fingerprint density at radius 1 is 1.40 bits per heavy atom. The van der Waals surface area contributed by atoms with Crippen molar-refractivity contribution < 1.29 is 4.79 Å². The zero-order chi connectivity index (χ0) is 14.1. The van der Waals surface area contributed by atoms with Gasteiger partial charge in [0.2, 0.25) is 0 Å². The molecule has 1 aliphatic rings. The highest BCUT2D eigenvalue weighted by atomic mass is 32.1. The lowest BCUT2D eigenvalue weighted by molar-refractivity contribution is 0.0995. The first-order chi connectivity index (χ1) is 9.65. The van der Waals surface area contributed by atoms with Gasteiger partial charge in [0.15, 0.2) is 5.82 Å². The first-order valence-electron chi connectivity index (χ1n) is 6.49. The quantitative estimate of drug-likeness (QED) is 0.881. The Hall–Kier alpha value is -2.08. The van der Waals surface area contributed by atoms with Gasteiger partial charge in [-0.1, -0.05) is 0 Å². The Labute approximate surface area is 121 Å². The van der Waals surface area contributed by atoms with Crippen molar-refractivity contribution in [1.29, 1.82) is 0 Å². The summed E-state index contributed by atoms with van der Waals surface area (Å²) in [6, 6.07) is 5.81. The minimum absolute atomic E-state index is 0.255. The molecule has 1 fully saturated rings. The van der Waals surface area contributed by atoms with Crippen molar-refractivity contribution in [2.45, 2.75) is 25.4 Å². The maximum absolute atomic E-state index is 11.3. The minimum atomic E-state index is -0.530. The van der Waals surface area contributed by atoms with Crippen molar-refractivity contribution in [3.63, 3.8) is 0 Å². The number of hydrogen-bond donors (Lipinski definition) is 2. The van der Waals surface area contributed by atoms with Crippen LogP contribution in [0.2, 0.25) is 0 Å². The fraction of sp³-hybridized carbons (Fsp3) is 0.286. The molecule has 0 unspecified atom stereocenters. The Morgan fingerprint density at radius 2 is 2.20 bits per heavy atom. The molecule has 5 nitrogen and oxygen atoms in total. The first kappa shape index (κ1) is 12.9. The Kier molecular flexibility index (Phi) is 3.31. The van der Waals surface area contributed by atoms with E-state index in [1.54, 1.807) is 23.5 Å². The molecule has 104 valence electrons. The van der Waals surface area contributed by atoms with Gasteiger partial charge in [-0.15, -0.1) is 0 Å². The van der Waals surface area contributed by atoms with Crippen molar-refractivity contribution in [3.05, 3.63) is 40.2 Å². The average molecular weight is 288 g/mol. The molecule has 0 spiro atoms. The standard InChI is InChI=1S/C14H16N4OS/c15-11-3-4-12(13(16)19)17-14(11)18(10-1-2-10)7-9-5-6-20-8-9/h3-6,8,10H,1-2,7,15H2,(H2,16,19). The molecule has 0 bridgehead atoms. The van der Waals surface area contributed by atoms with Gasteiger partial charge in [0.05, 0.1) is 5.69 Å². The summed E-state index contributed by atoms with van der Waals surface area (Å²) in [6.45, 7) is 0.758. The van der Waals surface area contributed by atoms with E-state index in [0.717, 1.165) is 19.4 Å². The highest BCUT2D eigenvalue weighted by Crippen LogP contribution is 2.35. The van der Waals surface area contributed by atoms with E-state index in [2.05, 4.69) is 26.7 Å². The largest absolute Gasteiger partial charge is 0.396 e. The van der Waals surface area contributed by atoms with Gasteiger partial charge >= 0.3 is 0 Å². The SMILES string of the molecule is NC(=O)c1ccc(N)c(N(Cc2ccsc2)C2CC2)n1. The summed E-state index contributed by atoms with van der Waals surface area (Å²) in [5.41, 5.74) is 13.4. The number of nitrogen functional groups attached to an aromatic ring is 1. The second kappa shape index (κ2) is 5.13. The van der Waals surface area contributed by atoms with Gasteiger partial charge in [0.1, 0.15) is 5.69 Å². The first-order valence-corrected chi connectivity index (χ1v) is 7.43. The smallest absolute Gasteiger partial charge is 0.267 e. The molecule has 2 aromatic heterocycles. The van der Waals surface area contributed by atoms with Crippen LogP contribution in [0.1, 0.15) is 28.9 Å². The predicted octanol–water partition coefficient (Wildman–Crippen LogP) is 1.99. The predicted molar refractivity (Wildman–Crippen MR) is 80.7 cm³/mol. The number of aromatic nitrogens is 1. The highest BCUT2D eigenvalue weighted by Gasteiger charge is 2.31. The number of rotatable bonds is 5. The van der Waals surface area contributed by atoms with Crippen LogP contribution >= 0.6 is 11.3 Å². The number of primary amides is 1. The third-order valence-corrected chi connectivity index (χ3v) is 4.08. The zero-order valence-corrected chi connectivity index (χ0v) is 11.8. The lowest BCUT2D eigenvalue weighted by Crippen LogP contribution is -2.28. The number of hydrogen-bond acceptors (Lipinski definition) is 5. The molecule has 0 radical (unpaired) electrons. The maximum Gasteiger partial charge on any atom is 0.267 e. The van der Waals surface area contributed by atoms with E-state index in [1.807, 2.05) is 0 Å². The third-order valence-electron chi connectivity index (χ3n) is 3.35. The van der Waals surface area contributed by atoms with Crippen molar-refractivity contribution in [2.75, 3.05) is 10.6 Å². The topological polar surface area (TPSA) is 85.2 Å². The van der Waals surface area contributed by atoms with E-state index in [0.29, 0.717) is 17.5 Å². The van der Waals surface area contributed by atoms with E-state index in [4.69, 9.17) is 11.5 Å². The number of amides is 1. The molecule has 0 aromatic carbocycles. The number of carbonyl (C=O) groups is 1. The molecule has 0 aliphatic heterocycles. The van der Waals surface area contributed by atoms with Crippen molar-refractivity contribution >= 4 is 28.7 Å². The van der Waals surface area contributed by atoms with Crippen LogP contribution in [0.4, 0.5) is 11.5 Å². The van der Waals surface area contributed by atoms with Crippen LogP contribution in [-0.2, 0) is 6.54 Å². The van der Waals surface area contributed by atoms with E-state index < -0.39 is 5.91 Å². The summed E-state index contributed by atoms with van der Waals surface area (Å²) in [5, 5.41) is 4.17. The van der Waals surface area contributed by atoms with Gasteiger partial charge in [0.25, 0.3) is 5.91 Å². The van der Waals surface area contributed by atoms with Gasteiger partial charge in [0, 0.05) is 12.6 Å². The van der Waals surface area contributed by atoms with Crippen LogP contribution in [0.15, 0.2) is 29.0 Å². The molecule has 0 saturated heterocycles. The number of pyridine rings is 1. The summed E-state index contributed by atoms with van der Waals surface area (Å²) in [5.74, 6) is 0.132. The summed E-state index contributed by atoms with van der Waals surface area (Å²) in [4.78, 5) is 17.8. The average Bonchev–Trinajstić information content (AvgIpc) is 3.14. The molecule has 20 heavy (non-hydrogen) atoms. The maximum atomic E-state index is 11.3. The molecule has 1 amide bonds. The summed E-state index contributed by atoms with van der Waals surface area (Å²) in [6.07, 6.45) is 2.26. The Morgan fingerprint density at radius 3 is 2.80 bits per heavy atom. The summed E-state index contributed by atoms with van der Waals surface area (Å²) >= 11 is 1.67. The van der Waals surface area contributed by atoms with Crippen LogP contribution in [0.25, 0.3) is 0 Å². The fourth-order valence-corrected chi connectivity index (χ4v) is 2.83. The van der Waals surface area contributed by atoms with E-state index in [-0.39, 0.29) is 5.69 Å².